The van der Waals surface area contributed by atoms with Crippen molar-refractivity contribution in [1.82, 2.24) is 5.32 Å². The fraction of sp³-hybridized carbons (Fsp3) is 0.571. The zero-order chi connectivity index (χ0) is 13.9. The van der Waals surface area contributed by atoms with E-state index in [2.05, 4.69) is 23.2 Å². The monoisotopic (exact) mass is 272 g/mol. The predicted octanol–water partition coefficient (Wildman–Crippen LogP) is 2.84. The first kappa shape index (κ1) is 14.2. The van der Waals surface area contributed by atoms with Gasteiger partial charge in [-0.1, -0.05) is 25.1 Å². The average Bonchev–Trinajstić information content (AvgIpc) is 2.33. The van der Waals surface area contributed by atoms with Crippen molar-refractivity contribution < 1.29 is 13.2 Å². The minimum absolute atomic E-state index is 0.348. The van der Waals surface area contributed by atoms with E-state index in [9.17, 15) is 13.2 Å². The van der Waals surface area contributed by atoms with E-state index in [4.69, 9.17) is 0 Å². The second-order valence-electron chi connectivity index (χ2n) is 5.18. The molecular formula is C14H19F3N2. The topological polar surface area (TPSA) is 15.3 Å². The van der Waals surface area contributed by atoms with E-state index in [0.717, 1.165) is 18.7 Å². The molecule has 0 saturated carbocycles. The number of para-hydroxylation sites is 1. The van der Waals surface area contributed by atoms with Crippen LogP contribution in [0.4, 0.5) is 18.9 Å². The largest absolute Gasteiger partial charge is 0.401 e. The number of hydrogen-bond acceptors (Lipinski definition) is 2. The number of halogens is 3. The predicted molar refractivity (Wildman–Crippen MR) is 70.4 cm³/mol. The zero-order valence-electron chi connectivity index (χ0n) is 11.0. The number of hydrogen-bond donors (Lipinski definition) is 1. The van der Waals surface area contributed by atoms with Gasteiger partial charge < -0.3 is 10.2 Å². The van der Waals surface area contributed by atoms with Crippen LogP contribution in [0.2, 0.25) is 0 Å². The molecule has 0 spiro atoms. The Morgan fingerprint density at radius 1 is 1.32 bits per heavy atom. The molecule has 0 aromatic heterocycles. The van der Waals surface area contributed by atoms with Crippen LogP contribution in [0, 0.1) is 5.92 Å². The minimum atomic E-state index is -4.13. The Kier molecular flexibility index (Phi) is 4.34. The summed E-state index contributed by atoms with van der Waals surface area (Å²) in [6.45, 7) is 3.12. The van der Waals surface area contributed by atoms with Crippen LogP contribution in [-0.4, -0.2) is 32.4 Å². The standard InChI is InChI=1S/C14H19F3N2/c1-11-8-12-4-2-3-5-13(12)19(9-11)7-6-18-10-14(15,16)17/h2-5,11,18H,6-10H2,1H3. The van der Waals surface area contributed by atoms with Gasteiger partial charge in [0.05, 0.1) is 6.54 Å². The van der Waals surface area contributed by atoms with Crippen LogP contribution >= 0.6 is 0 Å². The highest BCUT2D eigenvalue weighted by atomic mass is 19.4. The molecule has 0 amide bonds. The van der Waals surface area contributed by atoms with E-state index in [0.29, 0.717) is 19.0 Å². The van der Waals surface area contributed by atoms with Gasteiger partial charge in [-0.05, 0) is 24.0 Å². The summed E-state index contributed by atoms with van der Waals surface area (Å²) in [5, 5.41) is 2.45. The van der Waals surface area contributed by atoms with E-state index in [1.807, 2.05) is 18.2 Å². The van der Waals surface area contributed by atoms with Crippen LogP contribution in [0.25, 0.3) is 0 Å². The Morgan fingerprint density at radius 3 is 2.79 bits per heavy atom. The quantitative estimate of drug-likeness (QED) is 0.848. The molecule has 1 N–H and O–H groups in total. The smallest absolute Gasteiger partial charge is 0.370 e. The van der Waals surface area contributed by atoms with Gasteiger partial charge in [0.25, 0.3) is 0 Å². The van der Waals surface area contributed by atoms with Crippen LogP contribution in [0.15, 0.2) is 24.3 Å². The number of anilines is 1. The molecule has 1 heterocycles. The third kappa shape index (κ3) is 4.13. The van der Waals surface area contributed by atoms with E-state index in [-0.39, 0.29) is 0 Å². The summed E-state index contributed by atoms with van der Waals surface area (Å²) in [7, 11) is 0. The Hall–Kier alpha value is -1.23. The molecule has 1 aliphatic heterocycles. The summed E-state index contributed by atoms with van der Waals surface area (Å²) < 4.78 is 36.1. The Labute approximate surface area is 111 Å². The Balaban J connectivity index is 1.90. The van der Waals surface area contributed by atoms with Crippen molar-refractivity contribution in [2.24, 2.45) is 5.92 Å². The van der Waals surface area contributed by atoms with Crippen molar-refractivity contribution in [3.8, 4) is 0 Å². The molecule has 1 unspecified atom stereocenters. The molecular weight excluding hydrogens is 253 g/mol. The Bertz CT molecular complexity index is 417. The second-order valence-corrected chi connectivity index (χ2v) is 5.18. The summed E-state index contributed by atoms with van der Waals surface area (Å²) >= 11 is 0. The van der Waals surface area contributed by atoms with E-state index in [1.54, 1.807) is 0 Å². The third-order valence-corrected chi connectivity index (χ3v) is 3.32. The molecule has 19 heavy (non-hydrogen) atoms. The van der Waals surface area contributed by atoms with Crippen molar-refractivity contribution >= 4 is 5.69 Å². The summed E-state index contributed by atoms with van der Waals surface area (Å²) in [4.78, 5) is 2.17. The molecule has 1 aliphatic rings. The number of rotatable bonds is 4. The molecule has 1 aromatic carbocycles. The van der Waals surface area contributed by atoms with Gasteiger partial charge in [0.1, 0.15) is 0 Å². The lowest BCUT2D eigenvalue weighted by Gasteiger charge is -2.35. The van der Waals surface area contributed by atoms with Gasteiger partial charge in [0, 0.05) is 25.3 Å². The number of alkyl halides is 3. The van der Waals surface area contributed by atoms with Gasteiger partial charge in [-0.15, -0.1) is 0 Å². The van der Waals surface area contributed by atoms with Gasteiger partial charge >= 0.3 is 6.18 Å². The maximum Gasteiger partial charge on any atom is 0.401 e. The molecule has 1 aromatic rings. The summed E-state index contributed by atoms with van der Waals surface area (Å²) in [5.41, 5.74) is 2.45. The fourth-order valence-corrected chi connectivity index (χ4v) is 2.56. The van der Waals surface area contributed by atoms with Gasteiger partial charge in [-0.3, -0.25) is 0 Å². The van der Waals surface area contributed by atoms with Gasteiger partial charge in [0.2, 0.25) is 0 Å². The number of nitrogens with zero attached hydrogens (tertiary/aromatic N) is 1. The normalized spacial score (nSPS) is 19.4. The van der Waals surface area contributed by atoms with Crippen molar-refractivity contribution in [1.29, 1.82) is 0 Å². The maximum atomic E-state index is 12.0. The fourth-order valence-electron chi connectivity index (χ4n) is 2.56. The lowest BCUT2D eigenvalue weighted by molar-refractivity contribution is -0.124. The van der Waals surface area contributed by atoms with Gasteiger partial charge in [0.15, 0.2) is 0 Å². The van der Waals surface area contributed by atoms with E-state index >= 15 is 0 Å². The molecule has 2 nitrogen and oxygen atoms in total. The third-order valence-electron chi connectivity index (χ3n) is 3.32. The molecule has 0 bridgehead atoms. The van der Waals surface area contributed by atoms with Crippen molar-refractivity contribution in [3.05, 3.63) is 29.8 Å². The lowest BCUT2D eigenvalue weighted by Crippen LogP contribution is -2.40. The minimum Gasteiger partial charge on any atom is -0.370 e. The first-order valence-corrected chi connectivity index (χ1v) is 6.56. The number of nitrogens with one attached hydrogen (secondary N) is 1. The highest BCUT2D eigenvalue weighted by Gasteiger charge is 2.26. The highest BCUT2D eigenvalue weighted by Crippen LogP contribution is 2.28. The van der Waals surface area contributed by atoms with E-state index < -0.39 is 12.7 Å². The highest BCUT2D eigenvalue weighted by molar-refractivity contribution is 5.55. The molecule has 0 fully saturated rings. The maximum absolute atomic E-state index is 12.0. The SMILES string of the molecule is CC1Cc2ccccc2N(CCNCC(F)(F)F)C1. The lowest BCUT2D eigenvalue weighted by atomic mass is 9.94. The van der Waals surface area contributed by atoms with Gasteiger partial charge in [-0.25, -0.2) is 0 Å². The molecule has 0 saturated heterocycles. The van der Waals surface area contributed by atoms with Crippen LogP contribution < -0.4 is 10.2 Å². The van der Waals surface area contributed by atoms with Crippen molar-refractivity contribution in [2.45, 2.75) is 19.5 Å². The molecule has 5 heteroatoms. The summed E-state index contributed by atoms with van der Waals surface area (Å²) in [6.07, 6.45) is -3.09. The van der Waals surface area contributed by atoms with Crippen molar-refractivity contribution in [2.75, 3.05) is 31.1 Å². The first-order valence-electron chi connectivity index (χ1n) is 6.56. The van der Waals surface area contributed by atoms with Crippen molar-refractivity contribution in [3.63, 3.8) is 0 Å². The first-order chi connectivity index (χ1) is 8.96. The summed E-state index contributed by atoms with van der Waals surface area (Å²) in [6, 6.07) is 8.13. The van der Waals surface area contributed by atoms with Crippen LogP contribution in [0.3, 0.4) is 0 Å². The molecule has 1 atom stereocenters. The van der Waals surface area contributed by atoms with Crippen LogP contribution in [-0.2, 0) is 6.42 Å². The molecule has 0 radical (unpaired) electrons. The van der Waals surface area contributed by atoms with Gasteiger partial charge in [-0.2, -0.15) is 13.2 Å². The average molecular weight is 272 g/mol. The zero-order valence-corrected chi connectivity index (χ0v) is 11.0. The molecule has 106 valence electrons. The molecule has 0 aliphatic carbocycles. The summed E-state index contributed by atoms with van der Waals surface area (Å²) in [5.74, 6) is 0.539. The van der Waals surface area contributed by atoms with E-state index in [1.165, 1.54) is 5.56 Å². The van der Waals surface area contributed by atoms with Crippen LogP contribution in [0.1, 0.15) is 12.5 Å². The Morgan fingerprint density at radius 2 is 2.05 bits per heavy atom. The second kappa shape index (κ2) is 5.82. The number of fused-ring (bicyclic) bond motifs is 1. The van der Waals surface area contributed by atoms with Crippen LogP contribution in [0.5, 0.6) is 0 Å². The molecule has 2 rings (SSSR count). The number of benzene rings is 1.